The van der Waals surface area contributed by atoms with Gasteiger partial charge < -0.3 is 19.7 Å². The van der Waals surface area contributed by atoms with Gasteiger partial charge in [0.05, 0.1) is 20.1 Å². The standard InChI is InChI=1S/C11H24N2O3/c1-10(9-11(14)16-4)12-5-6-13(2)7-8-15-3/h10,12H,5-9H2,1-4H3. The molecule has 1 unspecified atom stereocenters. The lowest BCUT2D eigenvalue weighted by Crippen LogP contribution is -2.36. The molecule has 0 aromatic rings. The minimum Gasteiger partial charge on any atom is -0.469 e. The molecule has 0 heterocycles. The molecule has 0 saturated carbocycles. The van der Waals surface area contributed by atoms with Crippen molar-refractivity contribution in [3.63, 3.8) is 0 Å². The number of ether oxygens (including phenoxy) is 2. The van der Waals surface area contributed by atoms with Crippen LogP contribution in [0.4, 0.5) is 0 Å². The molecule has 5 heteroatoms. The molecule has 0 rings (SSSR count). The summed E-state index contributed by atoms with van der Waals surface area (Å²) < 4.78 is 9.58. The topological polar surface area (TPSA) is 50.8 Å². The van der Waals surface area contributed by atoms with Crippen molar-refractivity contribution in [2.75, 3.05) is 47.5 Å². The largest absolute Gasteiger partial charge is 0.469 e. The molecule has 0 bridgehead atoms. The molecule has 0 amide bonds. The molecular weight excluding hydrogens is 208 g/mol. The van der Waals surface area contributed by atoms with Crippen molar-refractivity contribution < 1.29 is 14.3 Å². The molecule has 0 saturated heterocycles. The van der Waals surface area contributed by atoms with Crippen molar-refractivity contribution in [3.05, 3.63) is 0 Å². The van der Waals surface area contributed by atoms with Gasteiger partial charge in [0.1, 0.15) is 0 Å². The number of esters is 1. The number of carbonyl (C=O) groups is 1. The van der Waals surface area contributed by atoms with Gasteiger partial charge in [-0.05, 0) is 14.0 Å². The SMILES string of the molecule is COCCN(C)CCNC(C)CC(=O)OC. The number of methoxy groups -OCH3 is 2. The summed E-state index contributed by atoms with van der Waals surface area (Å²) in [6, 6.07) is 0.156. The second-order valence-electron chi connectivity index (χ2n) is 3.93. The summed E-state index contributed by atoms with van der Waals surface area (Å²) in [4.78, 5) is 13.2. The van der Waals surface area contributed by atoms with Crippen molar-refractivity contribution in [2.24, 2.45) is 0 Å². The first-order chi connectivity index (χ1) is 7.60. The van der Waals surface area contributed by atoms with E-state index in [9.17, 15) is 4.79 Å². The van der Waals surface area contributed by atoms with Gasteiger partial charge in [0.25, 0.3) is 0 Å². The minimum atomic E-state index is -0.173. The summed E-state index contributed by atoms with van der Waals surface area (Å²) in [5, 5.41) is 3.27. The number of rotatable bonds is 9. The number of nitrogens with zero attached hydrogens (tertiary/aromatic N) is 1. The molecule has 0 aliphatic rings. The van der Waals surface area contributed by atoms with E-state index < -0.39 is 0 Å². The first-order valence-electron chi connectivity index (χ1n) is 5.57. The van der Waals surface area contributed by atoms with Gasteiger partial charge in [-0.3, -0.25) is 4.79 Å². The zero-order valence-electron chi connectivity index (χ0n) is 10.8. The van der Waals surface area contributed by atoms with E-state index in [2.05, 4.69) is 15.0 Å². The first-order valence-corrected chi connectivity index (χ1v) is 5.57. The molecule has 0 spiro atoms. The second-order valence-corrected chi connectivity index (χ2v) is 3.93. The van der Waals surface area contributed by atoms with Gasteiger partial charge in [0.15, 0.2) is 0 Å². The van der Waals surface area contributed by atoms with E-state index in [-0.39, 0.29) is 12.0 Å². The van der Waals surface area contributed by atoms with E-state index in [4.69, 9.17) is 4.74 Å². The average Bonchev–Trinajstić information content (AvgIpc) is 2.26. The maximum atomic E-state index is 11.0. The highest BCUT2D eigenvalue weighted by atomic mass is 16.5. The van der Waals surface area contributed by atoms with Gasteiger partial charge in [-0.1, -0.05) is 0 Å². The van der Waals surface area contributed by atoms with E-state index in [1.807, 2.05) is 14.0 Å². The Bertz CT molecular complexity index is 188. The lowest BCUT2D eigenvalue weighted by molar-refractivity contribution is -0.141. The third-order valence-electron chi connectivity index (χ3n) is 2.36. The smallest absolute Gasteiger partial charge is 0.307 e. The quantitative estimate of drug-likeness (QED) is 0.572. The molecular formula is C11H24N2O3. The summed E-state index contributed by atoms with van der Waals surface area (Å²) in [6.07, 6.45) is 0.415. The zero-order valence-corrected chi connectivity index (χ0v) is 10.8. The summed E-state index contributed by atoms with van der Waals surface area (Å²) in [7, 11) is 5.16. The Balaban J connectivity index is 3.46. The summed E-state index contributed by atoms with van der Waals surface area (Å²) in [6.45, 7) is 5.44. The predicted octanol–water partition coefficient (Wildman–Crippen LogP) is 0.106. The summed E-state index contributed by atoms with van der Waals surface area (Å²) >= 11 is 0. The van der Waals surface area contributed by atoms with Crippen molar-refractivity contribution in [1.29, 1.82) is 0 Å². The van der Waals surface area contributed by atoms with Crippen LogP contribution in [0.1, 0.15) is 13.3 Å². The molecule has 0 aromatic carbocycles. The Morgan fingerprint density at radius 3 is 2.62 bits per heavy atom. The molecule has 1 atom stereocenters. The Kier molecular flexibility index (Phi) is 9.18. The van der Waals surface area contributed by atoms with Gasteiger partial charge in [0, 0.05) is 32.8 Å². The van der Waals surface area contributed by atoms with Gasteiger partial charge in [-0.2, -0.15) is 0 Å². The van der Waals surface area contributed by atoms with Gasteiger partial charge in [-0.25, -0.2) is 0 Å². The first kappa shape index (κ1) is 15.3. The third-order valence-corrected chi connectivity index (χ3v) is 2.36. The monoisotopic (exact) mass is 232 g/mol. The van der Waals surface area contributed by atoms with Crippen LogP contribution in [0.25, 0.3) is 0 Å². The number of likely N-dealkylation sites (N-methyl/N-ethyl adjacent to an activating group) is 1. The van der Waals surface area contributed by atoms with Crippen LogP contribution in [-0.4, -0.2) is 64.4 Å². The highest BCUT2D eigenvalue weighted by Gasteiger charge is 2.08. The molecule has 0 aliphatic carbocycles. The van der Waals surface area contributed by atoms with Crippen LogP contribution >= 0.6 is 0 Å². The van der Waals surface area contributed by atoms with Crippen molar-refractivity contribution in [1.82, 2.24) is 10.2 Å². The number of hydrogen-bond donors (Lipinski definition) is 1. The molecule has 96 valence electrons. The maximum Gasteiger partial charge on any atom is 0.307 e. The van der Waals surface area contributed by atoms with Gasteiger partial charge >= 0.3 is 5.97 Å². The fourth-order valence-electron chi connectivity index (χ4n) is 1.27. The molecule has 5 nitrogen and oxygen atoms in total. The highest BCUT2D eigenvalue weighted by Crippen LogP contribution is 1.92. The van der Waals surface area contributed by atoms with E-state index in [1.54, 1.807) is 7.11 Å². The summed E-state index contributed by atoms with van der Waals surface area (Å²) in [5.74, 6) is -0.173. The minimum absolute atomic E-state index is 0.156. The molecule has 0 fully saturated rings. The van der Waals surface area contributed by atoms with Crippen LogP contribution in [0.15, 0.2) is 0 Å². The number of hydrogen-bond acceptors (Lipinski definition) is 5. The van der Waals surface area contributed by atoms with Crippen LogP contribution in [-0.2, 0) is 14.3 Å². The van der Waals surface area contributed by atoms with Crippen LogP contribution in [0.2, 0.25) is 0 Å². The van der Waals surface area contributed by atoms with E-state index >= 15 is 0 Å². The molecule has 0 aliphatic heterocycles. The van der Waals surface area contributed by atoms with Crippen LogP contribution in [0.3, 0.4) is 0 Å². The third kappa shape index (κ3) is 8.64. The van der Waals surface area contributed by atoms with Crippen LogP contribution < -0.4 is 5.32 Å². The molecule has 0 radical (unpaired) electrons. The maximum absolute atomic E-state index is 11.0. The van der Waals surface area contributed by atoms with Crippen LogP contribution in [0, 0.1) is 0 Å². The molecule has 0 aromatic heterocycles. The fraction of sp³-hybridized carbons (Fsp3) is 0.909. The van der Waals surface area contributed by atoms with Gasteiger partial charge in [0.2, 0.25) is 0 Å². The van der Waals surface area contributed by atoms with Crippen molar-refractivity contribution >= 4 is 5.97 Å². The lowest BCUT2D eigenvalue weighted by Gasteiger charge is -2.18. The van der Waals surface area contributed by atoms with E-state index in [1.165, 1.54) is 7.11 Å². The van der Waals surface area contributed by atoms with E-state index in [0.717, 1.165) is 26.2 Å². The van der Waals surface area contributed by atoms with Crippen LogP contribution in [0.5, 0.6) is 0 Å². The number of nitrogens with one attached hydrogen (secondary N) is 1. The normalized spacial score (nSPS) is 12.8. The fourth-order valence-corrected chi connectivity index (χ4v) is 1.27. The Morgan fingerprint density at radius 1 is 1.38 bits per heavy atom. The lowest BCUT2D eigenvalue weighted by atomic mass is 10.2. The number of carbonyl (C=O) groups excluding carboxylic acids is 1. The van der Waals surface area contributed by atoms with E-state index in [0.29, 0.717) is 6.42 Å². The zero-order chi connectivity index (χ0) is 12.4. The molecule has 16 heavy (non-hydrogen) atoms. The average molecular weight is 232 g/mol. The second kappa shape index (κ2) is 9.57. The molecule has 1 N–H and O–H groups in total. The van der Waals surface area contributed by atoms with Gasteiger partial charge in [-0.15, -0.1) is 0 Å². The van der Waals surface area contributed by atoms with Crippen molar-refractivity contribution in [2.45, 2.75) is 19.4 Å². The highest BCUT2D eigenvalue weighted by molar-refractivity contribution is 5.69. The Hall–Kier alpha value is -0.650. The van der Waals surface area contributed by atoms with Crippen molar-refractivity contribution in [3.8, 4) is 0 Å². The Morgan fingerprint density at radius 2 is 2.06 bits per heavy atom. The Labute approximate surface area is 98.1 Å². The predicted molar refractivity (Wildman–Crippen MR) is 63.5 cm³/mol. The summed E-state index contributed by atoms with van der Waals surface area (Å²) in [5.41, 5.74) is 0.